The minimum atomic E-state index is 0. The molecule has 1 nitrogen and oxygen atoms in total. The molecule has 2 heteroatoms. The molecule has 0 rings (SSSR count). The predicted octanol–water partition coefficient (Wildman–Crippen LogP) is 3.64. The summed E-state index contributed by atoms with van der Waals surface area (Å²) in [5.74, 6) is 0. The first-order valence-electron chi connectivity index (χ1n) is 6.52. The molecule has 0 fully saturated rings. The van der Waals surface area contributed by atoms with Gasteiger partial charge in [-0.2, -0.15) is 0 Å². The summed E-state index contributed by atoms with van der Waals surface area (Å²) < 4.78 is 0. The van der Waals surface area contributed by atoms with Crippen molar-refractivity contribution in [2.75, 3.05) is 6.61 Å². The van der Waals surface area contributed by atoms with E-state index in [0.29, 0.717) is 6.61 Å². The summed E-state index contributed by atoms with van der Waals surface area (Å²) in [4.78, 5) is 0. The Kier molecular flexibility index (Phi) is 22.7. The predicted molar refractivity (Wildman–Crippen MR) is 70.7 cm³/mol. The van der Waals surface area contributed by atoms with Crippen LogP contribution >= 0.6 is 0 Å². The van der Waals surface area contributed by atoms with Gasteiger partial charge < -0.3 is 5.11 Å². The first-order valence-corrected chi connectivity index (χ1v) is 6.52. The van der Waals surface area contributed by atoms with E-state index in [-0.39, 0.29) is 51.4 Å². The topological polar surface area (TPSA) is 20.2 Å². The molecule has 0 amide bonds. The normalized spacial score (nSPS) is 10.0. The fourth-order valence-corrected chi connectivity index (χ4v) is 1.78. The van der Waals surface area contributed by atoms with Gasteiger partial charge >= 0.3 is 51.4 Å². The maximum atomic E-state index is 8.59. The summed E-state index contributed by atoms with van der Waals surface area (Å²) >= 11 is 0. The SMILES string of the molecule is CCCCCCCCCCCCCO.[KH]. The first-order chi connectivity index (χ1) is 6.91. The molecule has 0 aliphatic carbocycles. The number of aliphatic hydroxyl groups excluding tert-OH is 1. The molecule has 0 heterocycles. The van der Waals surface area contributed by atoms with Crippen LogP contribution in [0.15, 0.2) is 0 Å². The number of hydrogen-bond acceptors (Lipinski definition) is 1. The van der Waals surface area contributed by atoms with Crippen LogP contribution in [0.25, 0.3) is 0 Å². The molecule has 0 aliphatic rings. The van der Waals surface area contributed by atoms with Gasteiger partial charge in [-0.15, -0.1) is 0 Å². The third-order valence-corrected chi connectivity index (χ3v) is 2.76. The van der Waals surface area contributed by atoms with Gasteiger partial charge in [-0.05, 0) is 6.42 Å². The van der Waals surface area contributed by atoms with E-state index >= 15 is 0 Å². The zero-order valence-corrected chi connectivity index (χ0v) is 9.93. The standard InChI is InChI=1S/C13H28O.K.H/c1-2-3-4-5-6-7-8-9-10-11-12-13-14;;/h14H,2-13H2,1H3;;. The maximum absolute atomic E-state index is 8.59. The second-order valence-corrected chi connectivity index (χ2v) is 4.26. The van der Waals surface area contributed by atoms with Crippen molar-refractivity contribution >= 4 is 51.4 Å². The fraction of sp³-hybridized carbons (Fsp3) is 1.00. The summed E-state index contributed by atoms with van der Waals surface area (Å²) in [5.41, 5.74) is 0. The van der Waals surface area contributed by atoms with E-state index in [1.54, 1.807) is 0 Å². The second kappa shape index (κ2) is 18.0. The van der Waals surface area contributed by atoms with Gasteiger partial charge in [0.1, 0.15) is 0 Å². The summed E-state index contributed by atoms with van der Waals surface area (Å²) in [5, 5.41) is 8.59. The number of hydrogen-bond donors (Lipinski definition) is 1. The van der Waals surface area contributed by atoms with Crippen molar-refractivity contribution in [2.45, 2.75) is 77.6 Å². The molecule has 0 bridgehead atoms. The zero-order valence-electron chi connectivity index (χ0n) is 9.93. The molecule has 0 aromatic rings. The van der Waals surface area contributed by atoms with Crippen LogP contribution in [0.4, 0.5) is 0 Å². The fourth-order valence-electron chi connectivity index (χ4n) is 1.78. The summed E-state index contributed by atoms with van der Waals surface area (Å²) in [7, 11) is 0. The van der Waals surface area contributed by atoms with Crippen molar-refractivity contribution < 1.29 is 5.11 Å². The van der Waals surface area contributed by atoms with Crippen LogP contribution < -0.4 is 0 Å². The Morgan fingerprint density at radius 3 is 1.27 bits per heavy atom. The van der Waals surface area contributed by atoms with Crippen molar-refractivity contribution in [1.82, 2.24) is 0 Å². The summed E-state index contributed by atoms with van der Waals surface area (Å²) in [6, 6.07) is 0. The van der Waals surface area contributed by atoms with Gasteiger partial charge in [-0.25, -0.2) is 0 Å². The monoisotopic (exact) mass is 240 g/mol. The number of aliphatic hydroxyl groups is 1. The molecular formula is C13H29KO. The zero-order chi connectivity index (χ0) is 10.5. The second-order valence-electron chi connectivity index (χ2n) is 4.26. The van der Waals surface area contributed by atoms with Crippen LogP contribution in [-0.4, -0.2) is 63.1 Å². The molecule has 0 saturated heterocycles. The van der Waals surface area contributed by atoms with Crippen LogP contribution in [0.3, 0.4) is 0 Å². The van der Waals surface area contributed by atoms with Crippen molar-refractivity contribution in [1.29, 1.82) is 0 Å². The molecule has 0 aromatic carbocycles. The van der Waals surface area contributed by atoms with E-state index in [1.807, 2.05) is 0 Å². The van der Waals surface area contributed by atoms with E-state index in [4.69, 9.17) is 5.11 Å². The van der Waals surface area contributed by atoms with Gasteiger partial charge in [0.25, 0.3) is 0 Å². The average Bonchev–Trinajstić information content (AvgIpc) is 2.21. The van der Waals surface area contributed by atoms with Crippen LogP contribution in [0, 0.1) is 0 Å². The van der Waals surface area contributed by atoms with E-state index in [2.05, 4.69) is 6.92 Å². The van der Waals surface area contributed by atoms with Crippen LogP contribution in [-0.2, 0) is 0 Å². The Bertz CT molecular complexity index is 84.5. The Morgan fingerprint density at radius 2 is 0.933 bits per heavy atom. The van der Waals surface area contributed by atoms with Crippen molar-refractivity contribution in [2.24, 2.45) is 0 Å². The van der Waals surface area contributed by atoms with Crippen molar-refractivity contribution in [3.05, 3.63) is 0 Å². The summed E-state index contributed by atoms with van der Waals surface area (Å²) in [6.45, 7) is 2.64. The van der Waals surface area contributed by atoms with Gasteiger partial charge in [0.05, 0.1) is 0 Å². The van der Waals surface area contributed by atoms with Gasteiger partial charge in [0, 0.05) is 6.61 Å². The minimum absolute atomic E-state index is 0. The quantitative estimate of drug-likeness (QED) is 0.432. The third kappa shape index (κ3) is 18.2. The molecule has 0 aliphatic heterocycles. The molecule has 1 N–H and O–H groups in total. The molecule has 88 valence electrons. The molecule has 0 saturated carbocycles. The molecule has 0 spiro atoms. The first kappa shape index (κ1) is 18.9. The number of unbranched alkanes of at least 4 members (excludes halogenated alkanes) is 10. The van der Waals surface area contributed by atoms with Gasteiger partial charge in [0.2, 0.25) is 0 Å². The Balaban J connectivity index is 0. The van der Waals surface area contributed by atoms with Crippen LogP contribution in [0.2, 0.25) is 0 Å². The van der Waals surface area contributed by atoms with E-state index < -0.39 is 0 Å². The molecule has 0 atom stereocenters. The Morgan fingerprint density at radius 1 is 0.600 bits per heavy atom. The third-order valence-electron chi connectivity index (χ3n) is 2.76. The van der Waals surface area contributed by atoms with E-state index in [1.165, 1.54) is 64.2 Å². The average molecular weight is 240 g/mol. The van der Waals surface area contributed by atoms with Gasteiger partial charge in [-0.1, -0.05) is 71.1 Å². The van der Waals surface area contributed by atoms with Crippen molar-refractivity contribution in [3.8, 4) is 0 Å². The molecule has 0 unspecified atom stereocenters. The Labute approximate surface area is 139 Å². The molecule has 0 radical (unpaired) electrons. The number of rotatable bonds is 11. The van der Waals surface area contributed by atoms with Crippen molar-refractivity contribution in [3.63, 3.8) is 0 Å². The molecule has 15 heavy (non-hydrogen) atoms. The van der Waals surface area contributed by atoms with E-state index in [0.717, 1.165) is 6.42 Å². The Hall–Kier alpha value is 1.60. The van der Waals surface area contributed by atoms with E-state index in [9.17, 15) is 0 Å². The molecular weight excluding hydrogens is 211 g/mol. The van der Waals surface area contributed by atoms with Crippen LogP contribution in [0.1, 0.15) is 77.6 Å². The summed E-state index contributed by atoms with van der Waals surface area (Å²) in [6.07, 6.45) is 14.8. The molecule has 0 aromatic heterocycles. The van der Waals surface area contributed by atoms with Gasteiger partial charge in [-0.3, -0.25) is 0 Å². The van der Waals surface area contributed by atoms with Gasteiger partial charge in [0.15, 0.2) is 0 Å². The van der Waals surface area contributed by atoms with Crippen LogP contribution in [0.5, 0.6) is 0 Å².